The van der Waals surface area contributed by atoms with Crippen molar-refractivity contribution in [3.8, 4) is 11.4 Å². The van der Waals surface area contributed by atoms with Crippen molar-refractivity contribution in [1.82, 2.24) is 23.8 Å². The maximum atomic E-state index is 13.1. The van der Waals surface area contributed by atoms with Crippen LogP contribution in [0.15, 0.2) is 60.7 Å². The highest BCUT2D eigenvalue weighted by molar-refractivity contribution is 7.87. The Morgan fingerprint density at radius 3 is 2.39 bits per heavy atom. The molecule has 2 aromatic carbocycles. The molecule has 0 unspecified atom stereocenters. The van der Waals surface area contributed by atoms with Gasteiger partial charge < -0.3 is 9.67 Å². The highest BCUT2D eigenvalue weighted by Crippen LogP contribution is 2.52. The Morgan fingerprint density at radius 2 is 1.71 bits per heavy atom. The number of rotatable bonds is 6. The first-order chi connectivity index (χ1) is 14.9. The Morgan fingerprint density at radius 1 is 1.03 bits per heavy atom. The van der Waals surface area contributed by atoms with Crippen molar-refractivity contribution in [3.63, 3.8) is 0 Å². The molecule has 0 bridgehead atoms. The number of benzene rings is 2. The van der Waals surface area contributed by atoms with Gasteiger partial charge in [-0.05, 0) is 12.0 Å². The Hall–Kier alpha value is -3.08. The molecule has 3 aromatic rings. The minimum absolute atomic E-state index is 0.0286. The quantitative estimate of drug-likeness (QED) is 0.603. The fraction of sp³-hybridized carbons (Fsp3) is 0.286. The second-order valence-corrected chi connectivity index (χ2v) is 9.51. The van der Waals surface area contributed by atoms with Crippen LogP contribution < -0.4 is 4.72 Å². The first-order valence-electron chi connectivity index (χ1n) is 9.95. The van der Waals surface area contributed by atoms with Gasteiger partial charge in [0.05, 0.1) is 6.54 Å². The van der Waals surface area contributed by atoms with Crippen LogP contribution in [0.25, 0.3) is 11.4 Å². The van der Waals surface area contributed by atoms with Gasteiger partial charge >= 0.3 is 5.97 Å². The lowest BCUT2D eigenvalue weighted by Gasteiger charge is -2.28. The summed E-state index contributed by atoms with van der Waals surface area (Å²) in [5.41, 5.74) is 0.184. The van der Waals surface area contributed by atoms with E-state index in [1.165, 1.54) is 4.31 Å². The molecule has 1 aromatic heterocycles. The Labute approximate surface area is 179 Å². The molecule has 1 aliphatic heterocycles. The average molecular weight is 439 g/mol. The van der Waals surface area contributed by atoms with Gasteiger partial charge in [-0.1, -0.05) is 60.7 Å². The lowest BCUT2D eigenvalue weighted by atomic mass is 10.1. The van der Waals surface area contributed by atoms with Crippen molar-refractivity contribution in [3.05, 3.63) is 72.1 Å². The molecule has 2 aliphatic rings. The van der Waals surface area contributed by atoms with E-state index in [0.29, 0.717) is 18.2 Å². The zero-order valence-electron chi connectivity index (χ0n) is 16.5. The molecule has 1 aliphatic carbocycles. The van der Waals surface area contributed by atoms with Crippen molar-refractivity contribution in [2.75, 3.05) is 6.54 Å². The van der Waals surface area contributed by atoms with Gasteiger partial charge in [0.2, 0.25) is 0 Å². The van der Waals surface area contributed by atoms with Gasteiger partial charge in [0, 0.05) is 24.6 Å². The fourth-order valence-electron chi connectivity index (χ4n) is 4.18. The molecule has 0 amide bonds. The van der Waals surface area contributed by atoms with E-state index in [2.05, 4.69) is 14.9 Å². The first kappa shape index (κ1) is 19.9. The molecule has 0 radical (unpaired) electrons. The van der Waals surface area contributed by atoms with Crippen molar-refractivity contribution in [1.29, 1.82) is 0 Å². The van der Waals surface area contributed by atoms with E-state index in [9.17, 15) is 18.3 Å². The molecule has 10 heteroatoms. The maximum Gasteiger partial charge on any atom is 0.325 e. The molecule has 0 saturated heterocycles. The van der Waals surface area contributed by atoms with Crippen LogP contribution in [0, 0.1) is 0 Å². The summed E-state index contributed by atoms with van der Waals surface area (Å²) in [6.45, 7) is 0.614. The number of fused-ring (bicyclic) bond motifs is 1. The number of aromatic nitrogens is 3. The van der Waals surface area contributed by atoms with E-state index in [-0.39, 0.29) is 19.5 Å². The second kappa shape index (κ2) is 7.26. The molecule has 160 valence electrons. The summed E-state index contributed by atoms with van der Waals surface area (Å²) in [6, 6.07) is 18.7. The van der Waals surface area contributed by atoms with Crippen LogP contribution in [0.4, 0.5) is 0 Å². The molecule has 31 heavy (non-hydrogen) atoms. The summed E-state index contributed by atoms with van der Waals surface area (Å²) in [4.78, 5) is 12.0. The predicted molar refractivity (Wildman–Crippen MR) is 112 cm³/mol. The SMILES string of the molecule is O=C(O)[C@@]1(NS(=O)(=O)N2CCn3c(nnc3-c3ccccc3)C2)C[C@H]1c1ccccc1. The third kappa shape index (κ3) is 3.42. The maximum absolute atomic E-state index is 13.1. The Balaban J connectivity index is 1.37. The number of carboxylic acid groups (broad SMARTS) is 1. The molecule has 1 fully saturated rings. The first-order valence-corrected chi connectivity index (χ1v) is 11.4. The normalized spacial score (nSPS) is 23.3. The van der Waals surface area contributed by atoms with Crippen LogP contribution >= 0.6 is 0 Å². The second-order valence-electron chi connectivity index (χ2n) is 7.84. The molecule has 0 spiro atoms. The van der Waals surface area contributed by atoms with Gasteiger partial charge in [-0.15, -0.1) is 10.2 Å². The summed E-state index contributed by atoms with van der Waals surface area (Å²) < 4.78 is 31.8. The Kier molecular flexibility index (Phi) is 4.65. The average Bonchev–Trinajstić information content (AvgIpc) is 3.35. The summed E-state index contributed by atoms with van der Waals surface area (Å²) in [5, 5.41) is 18.2. The lowest BCUT2D eigenvalue weighted by Crippen LogP contribution is -2.52. The van der Waals surface area contributed by atoms with Crippen molar-refractivity contribution >= 4 is 16.2 Å². The zero-order valence-corrected chi connectivity index (χ0v) is 17.4. The third-order valence-corrected chi connectivity index (χ3v) is 7.56. The lowest BCUT2D eigenvalue weighted by molar-refractivity contribution is -0.140. The standard InChI is InChI=1S/C21H21N5O4S/c27-20(28)21(13-17(21)15-7-3-1-4-8-15)24-31(29,30)25-11-12-26-18(14-25)22-23-19(26)16-9-5-2-6-10-16/h1-10,17,24H,11-14H2,(H,27,28)/t17-,21+/m0/s1. The van der Waals surface area contributed by atoms with Crippen molar-refractivity contribution in [2.45, 2.75) is 31.0 Å². The zero-order chi connectivity index (χ0) is 21.6. The van der Waals surface area contributed by atoms with Crippen molar-refractivity contribution in [2.24, 2.45) is 0 Å². The number of nitrogens with zero attached hydrogens (tertiary/aromatic N) is 4. The Bertz CT molecular complexity index is 1230. The van der Waals surface area contributed by atoms with Crippen LogP contribution in [0.1, 0.15) is 23.7 Å². The molecule has 9 nitrogen and oxygen atoms in total. The van der Waals surface area contributed by atoms with Crippen LogP contribution in [0.5, 0.6) is 0 Å². The number of hydrogen-bond acceptors (Lipinski definition) is 5. The van der Waals surface area contributed by atoms with Crippen molar-refractivity contribution < 1.29 is 18.3 Å². The molecule has 1 saturated carbocycles. The molecular weight excluding hydrogens is 418 g/mol. The topological polar surface area (TPSA) is 117 Å². The molecule has 5 rings (SSSR count). The molecule has 2 atom stereocenters. The third-order valence-electron chi connectivity index (χ3n) is 5.95. The number of aliphatic carboxylic acids is 1. The number of hydrogen-bond donors (Lipinski definition) is 2. The molecule has 2 heterocycles. The largest absolute Gasteiger partial charge is 0.480 e. The molecule has 2 N–H and O–H groups in total. The highest BCUT2D eigenvalue weighted by Gasteiger charge is 2.63. The van der Waals surface area contributed by atoms with Gasteiger partial charge in [0.25, 0.3) is 10.2 Å². The van der Waals surface area contributed by atoms with Gasteiger partial charge in [-0.3, -0.25) is 4.79 Å². The number of carboxylic acids is 1. The predicted octanol–water partition coefficient (Wildman–Crippen LogP) is 1.61. The van der Waals surface area contributed by atoms with Gasteiger partial charge in [-0.2, -0.15) is 17.4 Å². The van der Waals surface area contributed by atoms with Gasteiger partial charge in [0.15, 0.2) is 5.82 Å². The summed E-state index contributed by atoms with van der Waals surface area (Å²) in [5.74, 6) is -0.361. The minimum atomic E-state index is -4.04. The van der Waals surface area contributed by atoms with E-state index < -0.39 is 27.6 Å². The van der Waals surface area contributed by atoms with Crippen LogP contribution in [0.3, 0.4) is 0 Å². The molecular formula is C21H21N5O4S. The number of carbonyl (C=O) groups is 1. The fourth-order valence-corrected chi connectivity index (χ4v) is 5.69. The van der Waals surface area contributed by atoms with Gasteiger partial charge in [0.1, 0.15) is 11.4 Å². The van der Waals surface area contributed by atoms with Crippen LogP contribution in [-0.4, -0.2) is 50.6 Å². The minimum Gasteiger partial charge on any atom is -0.480 e. The van der Waals surface area contributed by atoms with E-state index in [1.54, 1.807) is 0 Å². The summed E-state index contributed by atoms with van der Waals surface area (Å²) >= 11 is 0. The summed E-state index contributed by atoms with van der Waals surface area (Å²) in [7, 11) is -4.04. The van der Waals surface area contributed by atoms with E-state index in [4.69, 9.17) is 0 Å². The van der Waals surface area contributed by atoms with E-state index >= 15 is 0 Å². The smallest absolute Gasteiger partial charge is 0.325 e. The van der Waals surface area contributed by atoms with Gasteiger partial charge in [-0.25, -0.2) is 0 Å². The number of nitrogens with one attached hydrogen (secondary N) is 1. The van der Waals surface area contributed by atoms with Crippen LogP contribution in [-0.2, 0) is 28.1 Å². The highest BCUT2D eigenvalue weighted by atomic mass is 32.2. The monoisotopic (exact) mass is 439 g/mol. The van der Waals surface area contributed by atoms with E-state index in [0.717, 1.165) is 11.1 Å². The van der Waals surface area contributed by atoms with Crippen LogP contribution in [0.2, 0.25) is 0 Å². The summed E-state index contributed by atoms with van der Waals surface area (Å²) in [6.07, 6.45) is 0.216. The van der Waals surface area contributed by atoms with E-state index in [1.807, 2.05) is 65.2 Å².